The maximum Gasteiger partial charge on any atom is 0.0959 e. The van der Waals surface area contributed by atoms with Crippen molar-refractivity contribution in [2.24, 2.45) is 5.73 Å². The van der Waals surface area contributed by atoms with Crippen LogP contribution in [0.3, 0.4) is 0 Å². The molecule has 1 unspecified atom stereocenters. The summed E-state index contributed by atoms with van der Waals surface area (Å²) in [6.07, 6.45) is 2.67. The van der Waals surface area contributed by atoms with Crippen molar-refractivity contribution in [1.29, 1.82) is 0 Å². The van der Waals surface area contributed by atoms with E-state index in [-0.39, 0.29) is 0 Å². The monoisotopic (exact) mass is 182 g/mol. The fourth-order valence-electron chi connectivity index (χ4n) is 1.17. The first-order valence-corrected chi connectivity index (χ1v) is 5.34. The highest BCUT2D eigenvalue weighted by molar-refractivity contribution is 7.09. The van der Waals surface area contributed by atoms with E-state index in [0.717, 1.165) is 5.92 Å². The number of aromatic nitrogens is 1. The van der Waals surface area contributed by atoms with E-state index in [1.165, 1.54) is 23.5 Å². The van der Waals surface area contributed by atoms with Gasteiger partial charge in [-0.2, -0.15) is 0 Å². The zero-order valence-electron chi connectivity index (χ0n) is 7.29. The molecule has 1 aromatic heterocycles. The lowest BCUT2D eigenvalue weighted by Gasteiger charge is -2.02. The topological polar surface area (TPSA) is 38.9 Å². The van der Waals surface area contributed by atoms with Crippen LogP contribution in [0.2, 0.25) is 0 Å². The van der Waals surface area contributed by atoms with Crippen molar-refractivity contribution in [2.75, 3.05) is 6.54 Å². The summed E-state index contributed by atoms with van der Waals surface area (Å²) in [5.41, 5.74) is 6.75. The van der Waals surface area contributed by atoms with E-state index in [1.54, 1.807) is 11.3 Å². The Balaban J connectivity index is 2.12. The molecule has 2 rings (SSSR count). The summed E-state index contributed by atoms with van der Waals surface area (Å²) in [4.78, 5) is 4.58. The van der Waals surface area contributed by atoms with Crippen molar-refractivity contribution < 1.29 is 0 Å². The highest BCUT2D eigenvalue weighted by Crippen LogP contribution is 2.41. The van der Waals surface area contributed by atoms with Gasteiger partial charge in [-0.05, 0) is 12.8 Å². The van der Waals surface area contributed by atoms with E-state index in [9.17, 15) is 0 Å². The highest BCUT2D eigenvalue weighted by atomic mass is 32.1. The molecule has 0 aromatic carbocycles. The zero-order valence-corrected chi connectivity index (χ0v) is 8.10. The molecule has 1 heterocycles. The minimum Gasteiger partial charge on any atom is -0.330 e. The molecule has 0 aliphatic heterocycles. The van der Waals surface area contributed by atoms with Gasteiger partial charge in [0.1, 0.15) is 0 Å². The van der Waals surface area contributed by atoms with Gasteiger partial charge in [0.05, 0.1) is 10.7 Å². The van der Waals surface area contributed by atoms with E-state index in [2.05, 4.69) is 17.3 Å². The van der Waals surface area contributed by atoms with Gasteiger partial charge in [-0.25, -0.2) is 4.98 Å². The van der Waals surface area contributed by atoms with Crippen molar-refractivity contribution in [3.05, 3.63) is 16.1 Å². The summed E-state index contributed by atoms with van der Waals surface area (Å²) >= 11 is 1.80. The van der Waals surface area contributed by atoms with Crippen LogP contribution in [-0.2, 0) is 0 Å². The van der Waals surface area contributed by atoms with E-state index in [1.807, 2.05) is 0 Å². The maximum atomic E-state index is 5.57. The summed E-state index contributed by atoms with van der Waals surface area (Å²) in [5.74, 6) is 1.21. The summed E-state index contributed by atoms with van der Waals surface area (Å²) in [6.45, 7) is 2.83. The van der Waals surface area contributed by atoms with Crippen molar-refractivity contribution in [3.8, 4) is 0 Å². The average molecular weight is 182 g/mol. The van der Waals surface area contributed by atoms with Gasteiger partial charge in [-0.15, -0.1) is 11.3 Å². The second-order valence-corrected chi connectivity index (χ2v) is 4.41. The van der Waals surface area contributed by atoms with Crippen LogP contribution < -0.4 is 5.73 Å². The van der Waals surface area contributed by atoms with Gasteiger partial charge in [0.25, 0.3) is 0 Å². The lowest BCUT2D eigenvalue weighted by Crippen LogP contribution is -2.09. The number of nitrogens with two attached hydrogens (primary N) is 1. The summed E-state index contributed by atoms with van der Waals surface area (Å²) in [5, 5.41) is 3.48. The van der Waals surface area contributed by atoms with Gasteiger partial charge in [0, 0.05) is 23.8 Å². The molecule has 1 aromatic rings. The van der Waals surface area contributed by atoms with Gasteiger partial charge in [-0.3, -0.25) is 0 Å². The van der Waals surface area contributed by atoms with Crippen molar-refractivity contribution in [3.63, 3.8) is 0 Å². The Morgan fingerprint density at radius 3 is 3.08 bits per heavy atom. The molecule has 0 radical (unpaired) electrons. The number of hydrogen-bond donors (Lipinski definition) is 1. The molecule has 0 amide bonds. The number of hydrogen-bond acceptors (Lipinski definition) is 3. The van der Waals surface area contributed by atoms with Crippen LogP contribution in [0.1, 0.15) is 42.3 Å². The molecule has 3 heteroatoms. The third-order valence-corrected chi connectivity index (χ3v) is 3.35. The Morgan fingerprint density at radius 1 is 1.75 bits per heavy atom. The van der Waals surface area contributed by atoms with Crippen molar-refractivity contribution >= 4 is 11.3 Å². The third-order valence-electron chi connectivity index (χ3n) is 2.32. The Morgan fingerprint density at radius 2 is 2.50 bits per heavy atom. The first kappa shape index (κ1) is 8.20. The molecule has 2 N–H and O–H groups in total. The Kier molecular flexibility index (Phi) is 2.15. The quantitative estimate of drug-likeness (QED) is 0.777. The second-order valence-electron chi connectivity index (χ2n) is 3.52. The predicted octanol–water partition coefficient (Wildman–Crippen LogP) is 2.08. The highest BCUT2D eigenvalue weighted by Gasteiger charge is 2.26. The van der Waals surface area contributed by atoms with Gasteiger partial charge >= 0.3 is 0 Å². The van der Waals surface area contributed by atoms with Crippen molar-refractivity contribution in [2.45, 2.75) is 31.6 Å². The minimum absolute atomic E-state index is 0.425. The molecule has 1 aliphatic rings. The fourth-order valence-corrected chi connectivity index (χ4v) is 2.28. The van der Waals surface area contributed by atoms with Gasteiger partial charge < -0.3 is 5.73 Å². The second kappa shape index (κ2) is 3.15. The summed E-state index contributed by atoms with van der Waals surface area (Å²) < 4.78 is 0. The normalized spacial score (nSPS) is 19.5. The SMILES string of the molecule is CC(CN)c1csc(C2CC2)n1. The minimum atomic E-state index is 0.425. The Labute approximate surface area is 76.8 Å². The van der Waals surface area contributed by atoms with Gasteiger partial charge in [0.15, 0.2) is 0 Å². The lowest BCUT2D eigenvalue weighted by molar-refractivity contribution is 0.746. The molecular formula is C9H14N2S. The molecule has 0 bridgehead atoms. The molecule has 1 aliphatic carbocycles. The fraction of sp³-hybridized carbons (Fsp3) is 0.667. The van der Waals surface area contributed by atoms with Crippen LogP contribution in [0.5, 0.6) is 0 Å². The number of rotatable bonds is 3. The van der Waals surface area contributed by atoms with Gasteiger partial charge in [0.2, 0.25) is 0 Å². The molecule has 1 atom stereocenters. The van der Waals surface area contributed by atoms with Crippen molar-refractivity contribution in [1.82, 2.24) is 4.98 Å². The van der Waals surface area contributed by atoms with Crippen LogP contribution in [0.25, 0.3) is 0 Å². The number of thiazole rings is 1. The largest absolute Gasteiger partial charge is 0.330 e. The van der Waals surface area contributed by atoms with Crippen LogP contribution in [-0.4, -0.2) is 11.5 Å². The molecular weight excluding hydrogens is 168 g/mol. The number of nitrogens with zero attached hydrogens (tertiary/aromatic N) is 1. The first-order chi connectivity index (χ1) is 5.81. The molecule has 12 heavy (non-hydrogen) atoms. The van der Waals surface area contributed by atoms with Crippen LogP contribution >= 0.6 is 11.3 Å². The lowest BCUT2D eigenvalue weighted by atomic mass is 10.1. The Hall–Kier alpha value is -0.410. The molecule has 0 spiro atoms. The smallest absolute Gasteiger partial charge is 0.0959 e. The average Bonchev–Trinajstić information content (AvgIpc) is 2.83. The third kappa shape index (κ3) is 1.52. The molecule has 0 saturated heterocycles. The molecule has 66 valence electrons. The standard InChI is InChI=1S/C9H14N2S/c1-6(4-10)8-5-12-9(11-8)7-2-3-7/h5-7H,2-4,10H2,1H3. The predicted molar refractivity (Wildman–Crippen MR) is 51.6 cm³/mol. The Bertz CT molecular complexity index is 265. The van der Waals surface area contributed by atoms with E-state index in [4.69, 9.17) is 5.73 Å². The zero-order chi connectivity index (χ0) is 8.55. The molecule has 1 fully saturated rings. The van der Waals surface area contributed by atoms with E-state index >= 15 is 0 Å². The van der Waals surface area contributed by atoms with Crippen LogP contribution in [0.4, 0.5) is 0 Å². The summed E-state index contributed by atoms with van der Waals surface area (Å²) in [6, 6.07) is 0. The van der Waals surface area contributed by atoms with E-state index in [0.29, 0.717) is 12.5 Å². The molecule has 1 saturated carbocycles. The van der Waals surface area contributed by atoms with Crippen LogP contribution in [0, 0.1) is 0 Å². The van der Waals surface area contributed by atoms with Gasteiger partial charge in [-0.1, -0.05) is 6.92 Å². The van der Waals surface area contributed by atoms with E-state index < -0.39 is 0 Å². The maximum absolute atomic E-state index is 5.57. The van der Waals surface area contributed by atoms with Crippen LogP contribution in [0.15, 0.2) is 5.38 Å². The molecule has 2 nitrogen and oxygen atoms in total. The summed E-state index contributed by atoms with van der Waals surface area (Å²) in [7, 11) is 0. The first-order valence-electron chi connectivity index (χ1n) is 4.46.